The lowest BCUT2D eigenvalue weighted by Gasteiger charge is -2.22. The van der Waals surface area contributed by atoms with E-state index in [9.17, 15) is 0 Å². The molecule has 2 aromatic carbocycles. The van der Waals surface area contributed by atoms with E-state index < -0.39 is 0 Å². The van der Waals surface area contributed by atoms with E-state index in [0.717, 1.165) is 24.7 Å². The minimum atomic E-state index is 0.518. The molecule has 0 atom stereocenters. The first-order valence-electron chi connectivity index (χ1n) is 7.64. The fraction of sp³-hybridized carbons (Fsp3) is 0.176. The molecular formula is C17H18ClN5S. The molecule has 0 saturated carbocycles. The zero-order valence-corrected chi connectivity index (χ0v) is 14.6. The van der Waals surface area contributed by atoms with Crippen molar-refractivity contribution in [3.05, 3.63) is 65.2 Å². The molecular weight excluding hydrogens is 342 g/mol. The van der Waals surface area contributed by atoms with Crippen molar-refractivity contribution < 1.29 is 0 Å². The number of anilines is 1. The van der Waals surface area contributed by atoms with Gasteiger partial charge in [-0.05, 0) is 42.0 Å². The smallest absolute Gasteiger partial charge is 0.217 e. The van der Waals surface area contributed by atoms with Gasteiger partial charge in [-0.2, -0.15) is 0 Å². The highest BCUT2D eigenvalue weighted by Gasteiger charge is 2.18. The lowest BCUT2D eigenvalue weighted by Crippen LogP contribution is -2.51. The Kier molecular flexibility index (Phi) is 5.51. The van der Waals surface area contributed by atoms with Crippen LogP contribution in [0.4, 0.5) is 5.69 Å². The van der Waals surface area contributed by atoms with Gasteiger partial charge in [-0.1, -0.05) is 41.9 Å². The third kappa shape index (κ3) is 4.37. The molecule has 7 heteroatoms. The van der Waals surface area contributed by atoms with E-state index in [2.05, 4.69) is 26.1 Å². The molecule has 0 bridgehead atoms. The topological polar surface area (TPSA) is 51.7 Å². The molecule has 3 N–H and O–H groups in total. The van der Waals surface area contributed by atoms with Crippen LogP contribution in [-0.2, 0) is 6.54 Å². The Balaban J connectivity index is 1.50. The maximum atomic E-state index is 5.94. The summed E-state index contributed by atoms with van der Waals surface area (Å²) in [6.07, 6.45) is 0. The molecule has 24 heavy (non-hydrogen) atoms. The van der Waals surface area contributed by atoms with Crippen molar-refractivity contribution >= 4 is 40.6 Å². The lowest BCUT2D eigenvalue weighted by atomic mass is 10.2. The summed E-state index contributed by atoms with van der Waals surface area (Å²) in [6.45, 7) is 2.22. The molecule has 124 valence electrons. The standard InChI is InChI=1S/C17H18ClN5S/c18-14-6-8-15(9-7-14)23-11-10-19-16(23)21-22-17(24)20-12-13-4-2-1-3-5-13/h1-9H,10-12H2,(H,19,21)(H2,20,22,24). The Bertz CT molecular complexity index is 718. The van der Waals surface area contributed by atoms with Gasteiger partial charge in [0.05, 0.1) is 6.54 Å². The number of thiocarbonyl (C=S) groups is 1. The number of hydrazine groups is 1. The van der Waals surface area contributed by atoms with Crippen molar-refractivity contribution in [1.82, 2.24) is 16.2 Å². The maximum Gasteiger partial charge on any atom is 0.217 e. The molecule has 3 rings (SSSR count). The van der Waals surface area contributed by atoms with Crippen molar-refractivity contribution in [3.63, 3.8) is 0 Å². The lowest BCUT2D eigenvalue weighted by molar-refractivity contribution is 0.795. The van der Waals surface area contributed by atoms with Gasteiger partial charge in [0.1, 0.15) is 0 Å². The van der Waals surface area contributed by atoms with E-state index >= 15 is 0 Å². The fourth-order valence-corrected chi connectivity index (χ4v) is 2.61. The molecule has 5 nitrogen and oxygen atoms in total. The van der Waals surface area contributed by atoms with E-state index in [0.29, 0.717) is 16.7 Å². The van der Waals surface area contributed by atoms with Crippen LogP contribution >= 0.6 is 23.8 Å². The normalized spacial score (nSPS) is 13.4. The van der Waals surface area contributed by atoms with Crippen LogP contribution in [0.2, 0.25) is 5.02 Å². The Labute approximate surface area is 151 Å². The molecule has 0 aliphatic carbocycles. The molecule has 0 saturated heterocycles. The van der Waals surface area contributed by atoms with E-state index in [1.54, 1.807) is 0 Å². The summed E-state index contributed by atoms with van der Waals surface area (Å²) in [5.74, 6) is 0.737. The molecule has 1 aliphatic rings. The van der Waals surface area contributed by atoms with Crippen LogP contribution in [0.3, 0.4) is 0 Å². The van der Waals surface area contributed by atoms with Crippen LogP contribution in [0.5, 0.6) is 0 Å². The number of aliphatic imine (C=N–C) groups is 1. The van der Waals surface area contributed by atoms with Crippen LogP contribution < -0.4 is 21.1 Å². The highest BCUT2D eigenvalue weighted by molar-refractivity contribution is 7.80. The van der Waals surface area contributed by atoms with Gasteiger partial charge in [0.2, 0.25) is 5.96 Å². The average molecular weight is 360 g/mol. The molecule has 0 aromatic heterocycles. The Morgan fingerprint density at radius 3 is 2.62 bits per heavy atom. The highest BCUT2D eigenvalue weighted by Crippen LogP contribution is 2.19. The van der Waals surface area contributed by atoms with Crippen LogP contribution in [0.15, 0.2) is 59.6 Å². The summed E-state index contributed by atoms with van der Waals surface area (Å²) in [7, 11) is 0. The first-order chi connectivity index (χ1) is 11.7. The van der Waals surface area contributed by atoms with Crippen molar-refractivity contribution in [2.75, 3.05) is 18.0 Å². The largest absolute Gasteiger partial charge is 0.357 e. The molecule has 0 radical (unpaired) electrons. The van der Waals surface area contributed by atoms with Crippen molar-refractivity contribution in [2.45, 2.75) is 6.54 Å². The maximum absolute atomic E-state index is 5.94. The third-order valence-electron chi connectivity index (χ3n) is 3.56. The predicted molar refractivity (Wildman–Crippen MR) is 103 cm³/mol. The van der Waals surface area contributed by atoms with Crippen LogP contribution in [-0.4, -0.2) is 24.2 Å². The molecule has 0 spiro atoms. The number of hydrogen-bond acceptors (Lipinski definition) is 4. The Morgan fingerprint density at radius 1 is 1.12 bits per heavy atom. The quantitative estimate of drug-likeness (QED) is 0.581. The summed E-state index contributed by atoms with van der Waals surface area (Å²) < 4.78 is 0. The van der Waals surface area contributed by atoms with Gasteiger partial charge in [-0.3, -0.25) is 10.9 Å². The minimum Gasteiger partial charge on any atom is -0.357 e. The number of hydrogen-bond donors (Lipinski definition) is 3. The van der Waals surface area contributed by atoms with Gasteiger partial charge in [0.15, 0.2) is 5.11 Å². The average Bonchev–Trinajstić information content (AvgIpc) is 3.08. The van der Waals surface area contributed by atoms with Crippen molar-refractivity contribution in [2.24, 2.45) is 4.99 Å². The minimum absolute atomic E-state index is 0.518. The molecule has 2 aromatic rings. The van der Waals surface area contributed by atoms with Gasteiger partial charge < -0.3 is 10.2 Å². The van der Waals surface area contributed by atoms with Crippen molar-refractivity contribution in [3.8, 4) is 0 Å². The second-order valence-electron chi connectivity index (χ2n) is 5.25. The summed E-state index contributed by atoms with van der Waals surface area (Å²) in [4.78, 5) is 6.53. The zero-order chi connectivity index (χ0) is 16.8. The fourth-order valence-electron chi connectivity index (χ4n) is 2.36. The summed E-state index contributed by atoms with van der Waals surface area (Å²) >= 11 is 11.2. The van der Waals surface area contributed by atoms with Crippen LogP contribution in [0, 0.1) is 0 Å². The van der Waals surface area contributed by atoms with Crippen LogP contribution in [0.25, 0.3) is 0 Å². The van der Waals surface area contributed by atoms with Gasteiger partial charge in [-0.25, -0.2) is 4.99 Å². The molecule has 0 amide bonds. The number of nitrogens with zero attached hydrogens (tertiary/aromatic N) is 2. The van der Waals surface area contributed by atoms with E-state index in [1.807, 2.05) is 54.6 Å². The second kappa shape index (κ2) is 7.99. The first kappa shape index (κ1) is 16.5. The monoisotopic (exact) mass is 359 g/mol. The van der Waals surface area contributed by atoms with Gasteiger partial charge in [0.25, 0.3) is 0 Å². The Morgan fingerprint density at radius 2 is 1.88 bits per heavy atom. The zero-order valence-electron chi connectivity index (χ0n) is 13.0. The second-order valence-corrected chi connectivity index (χ2v) is 6.10. The highest BCUT2D eigenvalue weighted by atomic mass is 35.5. The number of nitrogens with one attached hydrogen (secondary N) is 3. The van der Waals surface area contributed by atoms with Gasteiger partial charge >= 0.3 is 0 Å². The van der Waals surface area contributed by atoms with Gasteiger partial charge in [0, 0.05) is 23.8 Å². The van der Waals surface area contributed by atoms with Crippen LogP contribution in [0.1, 0.15) is 5.56 Å². The summed E-state index contributed by atoms with van der Waals surface area (Å²) in [6, 6.07) is 17.8. The number of halogens is 1. The molecule has 1 aliphatic heterocycles. The molecule has 0 unspecified atom stereocenters. The summed E-state index contributed by atoms with van der Waals surface area (Å²) in [5.41, 5.74) is 8.25. The molecule has 1 heterocycles. The molecule has 0 fully saturated rings. The van der Waals surface area contributed by atoms with E-state index in [1.165, 1.54) is 5.56 Å². The van der Waals surface area contributed by atoms with Gasteiger partial charge in [-0.15, -0.1) is 0 Å². The number of rotatable bonds is 3. The van der Waals surface area contributed by atoms with E-state index in [4.69, 9.17) is 23.8 Å². The first-order valence-corrected chi connectivity index (χ1v) is 8.42. The number of benzene rings is 2. The van der Waals surface area contributed by atoms with E-state index in [-0.39, 0.29) is 0 Å². The SMILES string of the molecule is S=C(NCc1ccccc1)NNC1=NCCN1c1ccc(Cl)cc1. The predicted octanol–water partition coefficient (Wildman–Crippen LogP) is 2.68. The van der Waals surface area contributed by atoms with Crippen molar-refractivity contribution in [1.29, 1.82) is 0 Å². The third-order valence-corrected chi connectivity index (χ3v) is 4.06. The number of guanidine groups is 1. The Hall–Kier alpha value is -2.31. The summed E-state index contributed by atoms with van der Waals surface area (Å²) in [5, 5.41) is 4.39.